The molecule has 0 radical (unpaired) electrons. The van der Waals surface area contributed by atoms with Crippen molar-refractivity contribution in [2.75, 3.05) is 24.7 Å². The SMILES string of the molecule is CN(C)c1cnc(N)nc1-c1ccccc1. The minimum Gasteiger partial charge on any atom is -0.375 e. The molecule has 2 N–H and O–H groups in total. The molecule has 82 valence electrons. The zero-order valence-electron chi connectivity index (χ0n) is 9.38. The van der Waals surface area contributed by atoms with E-state index in [1.54, 1.807) is 6.20 Å². The first kappa shape index (κ1) is 10.4. The Bertz CT molecular complexity index is 480. The monoisotopic (exact) mass is 214 g/mol. The molecule has 0 saturated carbocycles. The minimum atomic E-state index is 0.296. The Morgan fingerprint density at radius 2 is 1.81 bits per heavy atom. The van der Waals surface area contributed by atoms with Gasteiger partial charge in [-0.05, 0) is 0 Å². The molecular weight excluding hydrogens is 200 g/mol. The molecule has 0 spiro atoms. The molecular formula is C12H14N4. The molecule has 0 aliphatic heterocycles. The van der Waals surface area contributed by atoms with Crippen molar-refractivity contribution in [2.45, 2.75) is 0 Å². The smallest absolute Gasteiger partial charge is 0.220 e. The predicted octanol–water partition coefficient (Wildman–Crippen LogP) is 1.79. The van der Waals surface area contributed by atoms with Crippen LogP contribution in [-0.2, 0) is 0 Å². The van der Waals surface area contributed by atoms with Crippen molar-refractivity contribution in [3.05, 3.63) is 36.5 Å². The summed E-state index contributed by atoms with van der Waals surface area (Å²) in [7, 11) is 3.92. The summed E-state index contributed by atoms with van der Waals surface area (Å²) in [5, 5.41) is 0. The first-order valence-corrected chi connectivity index (χ1v) is 5.04. The highest BCUT2D eigenvalue weighted by Gasteiger charge is 2.09. The van der Waals surface area contributed by atoms with Crippen LogP contribution in [0, 0.1) is 0 Å². The van der Waals surface area contributed by atoms with Crippen molar-refractivity contribution in [1.82, 2.24) is 9.97 Å². The Labute approximate surface area is 94.8 Å². The second kappa shape index (κ2) is 4.18. The summed E-state index contributed by atoms with van der Waals surface area (Å²) in [6.45, 7) is 0. The fourth-order valence-electron chi connectivity index (χ4n) is 1.52. The molecule has 0 unspecified atom stereocenters. The summed E-state index contributed by atoms with van der Waals surface area (Å²) >= 11 is 0. The van der Waals surface area contributed by atoms with Gasteiger partial charge < -0.3 is 10.6 Å². The van der Waals surface area contributed by atoms with Crippen LogP contribution in [0.5, 0.6) is 0 Å². The molecule has 0 aliphatic carbocycles. The van der Waals surface area contributed by atoms with Gasteiger partial charge in [-0.1, -0.05) is 30.3 Å². The highest BCUT2D eigenvalue weighted by Crippen LogP contribution is 2.27. The van der Waals surface area contributed by atoms with Crippen LogP contribution < -0.4 is 10.6 Å². The molecule has 2 aromatic rings. The maximum atomic E-state index is 5.62. The number of rotatable bonds is 2. The van der Waals surface area contributed by atoms with Gasteiger partial charge in [0, 0.05) is 19.7 Å². The number of hydrogen-bond donors (Lipinski definition) is 1. The van der Waals surface area contributed by atoms with Crippen LogP contribution in [0.15, 0.2) is 36.5 Å². The molecule has 1 aromatic carbocycles. The van der Waals surface area contributed by atoms with Crippen molar-refractivity contribution in [3.8, 4) is 11.3 Å². The van der Waals surface area contributed by atoms with Gasteiger partial charge in [-0.2, -0.15) is 0 Å². The van der Waals surface area contributed by atoms with E-state index in [4.69, 9.17) is 5.73 Å². The molecule has 0 atom stereocenters. The van der Waals surface area contributed by atoms with Crippen molar-refractivity contribution >= 4 is 11.6 Å². The van der Waals surface area contributed by atoms with Crippen LogP contribution in [0.25, 0.3) is 11.3 Å². The molecule has 4 nitrogen and oxygen atoms in total. The van der Waals surface area contributed by atoms with Crippen LogP contribution in [0.4, 0.5) is 11.6 Å². The summed E-state index contributed by atoms with van der Waals surface area (Å²) in [5.74, 6) is 0.296. The molecule has 1 aromatic heterocycles. The average Bonchev–Trinajstić information content (AvgIpc) is 2.29. The number of benzene rings is 1. The number of aromatic nitrogens is 2. The van der Waals surface area contributed by atoms with Crippen LogP contribution in [0.3, 0.4) is 0 Å². The van der Waals surface area contributed by atoms with Gasteiger partial charge in [-0.25, -0.2) is 9.97 Å². The first-order valence-electron chi connectivity index (χ1n) is 5.04. The minimum absolute atomic E-state index is 0.296. The van der Waals surface area contributed by atoms with E-state index in [0.717, 1.165) is 16.9 Å². The Morgan fingerprint density at radius 3 is 2.44 bits per heavy atom. The number of nitrogens with two attached hydrogens (primary N) is 1. The maximum absolute atomic E-state index is 5.62. The summed E-state index contributed by atoms with van der Waals surface area (Å²) in [4.78, 5) is 10.3. The van der Waals surface area contributed by atoms with Gasteiger partial charge >= 0.3 is 0 Å². The van der Waals surface area contributed by atoms with Crippen molar-refractivity contribution < 1.29 is 0 Å². The van der Waals surface area contributed by atoms with E-state index >= 15 is 0 Å². The Hall–Kier alpha value is -2.10. The summed E-state index contributed by atoms with van der Waals surface area (Å²) in [5.41, 5.74) is 8.48. The predicted molar refractivity (Wildman–Crippen MR) is 66.2 cm³/mol. The quantitative estimate of drug-likeness (QED) is 0.828. The highest BCUT2D eigenvalue weighted by molar-refractivity contribution is 5.74. The van der Waals surface area contributed by atoms with Gasteiger partial charge in [0.25, 0.3) is 0 Å². The average molecular weight is 214 g/mol. The number of hydrogen-bond acceptors (Lipinski definition) is 4. The van der Waals surface area contributed by atoms with E-state index in [9.17, 15) is 0 Å². The normalized spacial score (nSPS) is 10.1. The number of anilines is 2. The van der Waals surface area contributed by atoms with Crippen LogP contribution in [-0.4, -0.2) is 24.1 Å². The molecule has 4 heteroatoms. The van der Waals surface area contributed by atoms with Gasteiger partial charge in [-0.15, -0.1) is 0 Å². The molecule has 0 saturated heterocycles. The van der Waals surface area contributed by atoms with E-state index < -0.39 is 0 Å². The van der Waals surface area contributed by atoms with Crippen molar-refractivity contribution in [1.29, 1.82) is 0 Å². The summed E-state index contributed by atoms with van der Waals surface area (Å²) in [6.07, 6.45) is 1.74. The second-order valence-electron chi connectivity index (χ2n) is 3.72. The summed E-state index contributed by atoms with van der Waals surface area (Å²) in [6, 6.07) is 9.95. The highest BCUT2D eigenvalue weighted by atomic mass is 15.1. The molecule has 0 fully saturated rings. The van der Waals surface area contributed by atoms with Gasteiger partial charge in [0.15, 0.2) is 0 Å². The Morgan fingerprint density at radius 1 is 1.12 bits per heavy atom. The largest absolute Gasteiger partial charge is 0.375 e. The molecule has 1 heterocycles. The Balaban J connectivity index is 2.58. The van der Waals surface area contributed by atoms with E-state index in [2.05, 4.69) is 9.97 Å². The zero-order chi connectivity index (χ0) is 11.5. The van der Waals surface area contributed by atoms with E-state index in [1.165, 1.54) is 0 Å². The van der Waals surface area contributed by atoms with E-state index in [0.29, 0.717) is 5.95 Å². The molecule has 16 heavy (non-hydrogen) atoms. The van der Waals surface area contributed by atoms with Crippen molar-refractivity contribution in [3.63, 3.8) is 0 Å². The van der Waals surface area contributed by atoms with Crippen LogP contribution in [0.1, 0.15) is 0 Å². The third kappa shape index (κ3) is 1.95. The molecule has 0 amide bonds. The Kier molecular flexibility index (Phi) is 2.72. The van der Waals surface area contributed by atoms with Crippen LogP contribution in [0.2, 0.25) is 0 Å². The van der Waals surface area contributed by atoms with E-state index in [1.807, 2.05) is 49.3 Å². The number of nitrogens with zero attached hydrogens (tertiary/aromatic N) is 3. The molecule has 2 rings (SSSR count). The lowest BCUT2D eigenvalue weighted by Crippen LogP contribution is -2.12. The van der Waals surface area contributed by atoms with Gasteiger partial charge in [0.05, 0.1) is 17.6 Å². The lowest BCUT2D eigenvalue weighted by atomic mass is 10.1. The standard InChI is InChI=1S/C12H14N4/c1-16(2)10-8-14-12(13)15-11(10)9-6-4-3-5-7-9/h3-8H,1-2H3,(H2,13,14,15). The topological polar surface area (TPSA) is 55.0 Å². The maximum Gasteiger partial charge on any atom is 0.220 e. The lowest BCUT2D eigenvalue weighted by molar-refractivity contribution is 1.08. The molecule has 0 bridgehead atoms. The van der Waals surface area contributed by atoms with Gasteiger partial charge in [0.1, 0.15) is 0 Å². The van der Waals surface area contributed by atoms with Crippen molar-refractivity contribution in [2.24, 2.45) is 0 Å². The van der Waals surface area contributed by atoms with E-state index in [-0.39, 0.29) is 0 Å². The number of nitrogen functional groups attached to an aromatic ring is 1. The zero-order valence-corrected chi connectivity index (χ0v) is 9.38. The second-order valence-corrected chi connectivity index (χ2v) is 3.72. The van der Waals surface area contributed by atoms with Gasteiger partial charge in [0.2, 0.25) is 5.95 Å². The third-order valence-corrected chi connectivity index (χ3v) is 2.32. The third-order valence-electron chi connectivity index (χ3n) is 2.32. The first-order chi connectivity index (χ1) is 7.68. The lowest BCUT2D eigenvalue weighted by Gasteiger charge is -2.16. The van der Waals surface area contributed by atoms with Crippen LogP contribution >= 0.6 is 0 Å². The fraction of sp³-hybridized carbons (Fsp3) is 0.167. The molecule has 0 aliphatic rings. The van der Waals surface area contributed by atoms with Gasteiger partial charge in [-0.3, -0.25) is 0 Å². The summed E-state index contributed by atoms with van der Waals surface area (Å²) < 4.78 is 0. The fourth-order valence-corrected chi connectivity index (χ4v) is 1.52.